The number of hydrogen-bond acceptors (Lipinski definition) is 1. The zero-order valence-corrected chi connectivity index (χ0v) is 7.54. The first kappa shape index (κ1) is 10.2. The summed E-state index contributed by atoms with van der Waals surface area (Å²) in [6, 6.07) is 3.49. The van der Waals surface area contributed by atoms with E-state index < -0.39 is 0 Å². The van der Waals surface area contributed by atoms with Gasteiger partial charge in [0, 0.05) is 19.5 Å². The molecule has 1 aromatic heterocycles. The molecule has 0 aliphatic heterocycles. The fourth-order valence-electron chi connectivity index (χ4n) is 0.196. The molecule has 0 saturated carbocycles. The SMILES string of the molecule is Cl.[Zn].[c-]1ccco1. The summed E-state index contributed by atoms with van der Waals surface area (Å²) in [5.74, 6) is 0. The smallest absolute Gasteiger partial charge is 0 e. The minimum atomic E-state index is 0. The van der Waals surface area contributed by atoms with E-state index in [4.69, 9.17) is 0 Å². The van der Waals surface area contributed by atoms with Gasteiger partial charge in [-0.05, 0) is 6.26 Å². The van der Waals surface area contributed by atoms with E-state index in [0.717, 1.165) is 0 Å². The van der Waals surface area contributed by atoms with E-state index >= 15 is 0 Å². The van der Waals surface area contributed by atoms with Crippen LogP contribution < -0.4 is 0 Å². The van der Waals surface area contributed by atoms with Crippen molar-refractivity contribution < 1.29 is 23.9 Å². The molecule has 0 unspecified atom stereocenters. The topological polar surface area (TPSA) is 13.1 Å². The van der Waals surface area contributed by atoms with Crippen LogP contribution in [-0.2, 0) is 19.5 Å². The molecule has 1 heterocycles. The van der Waals surface area contributed by atoms with E-state index in [9.17, 15) is 0 Å². The Hall–Kier alpha value is 0.193. The molecule has 0 saturated heterocycles. The average molecular weight is 169 g/mol. The van der Waals surface area contributed by atoms with Gasteiger partial charge in [0.1, 0.15) is 0 Å². The van der Waals surface area contributed by atoms with Crippen molar-refractivity contribution in [1.82, 2.24) is 0 Å². The monoisotopic (exact) mass is 167 g/mol. The van der Waals surface area contributed by atoms with Crippen molar-refractivity contribution in [3.63, 3.8) is 0 Å². The molecule has 0 aliphatic rings. The first-order valence-corrected chi connectivity index (χ1v) is 1.40. The van der Waals surface area contributed by atoms with Crippen molar-refractivity contribution in [2.24, 2.45) is 0 Å². The molecule has 36 valence electrons. The molecule has 3 heteroatoms. The summed E-state index contributed by atoms with van der Waals surface area (Å²) in [5.41, 5.74) is 0. The van der Waals surface area contributed by atoms with Gasteiger partial charge in [-0.25, -0.2) is 0 Å². The van der Waals surface area contributed by atoms with E-state index in [1.807, 2.05) is 0 Å². The van der Waals surface area contributed by atoms with Crippen LogP contribution in [0.3, 0.4) is 0 Å². The van der Waals surface area contributed by atoms with Crippen LogP contribution in [0.5, 0.6) is 0 Å². The summed E-state index contributed by atoms with van der Waals surface area (Å²) < 4.78 is 4.46. The van der Waals surface area contributed by atoms with Crippen LogP contribution in [0.15, 0.2) is 22.8 Å². The Bertz CT molecular complexity index is 68.2. The van der Waals surface area contributed by atoms with Crippen LogP contribution >= 0.6 is 12.4 Å². The molecule has 0 radical (unpaired) electrons. The third kappa shape index (κ3) is 4.04. The van der Waals surface area contributed by atoms with Gasteiger partial charge < -0.3 is 4.42 Å². The van der Waals surface area contributed by atoms with Gasteiger partial charge in [-0.2, -0.15) is 6.07 Å². The summed E-state index contributed by atoms with van der Waals surface area (Å²) in [6.07, 6.45) is 4.06. The Morgan fingerprint density at radius 1 is 1.43 bits per heavy atom. The third-order valence-electron chi connectivity index (χ3n) is 0.379. The molecule has 0 spiro atoms. The molecular weight excluding hydrogens is 165 g/mol. The minimum absolute atomic E-state index is 0. The van der Waals surface area contributed by atoms with Crippen molar-refractivity contribution in [3.05, 3.63) is 24.7 Å². The van der Waals surface area contributed by atoms with Gasteiger partial charge in [0.05, 0.1) is 0 Å². The van der Waals surface area contributed by atoms with Gasteiger partial charge in [0.15, 0.2) is 0 Å². The van der Waals surface area contributed by atoms with Crippen molar-refractivity contribution in [2.75, 3.05) is 0 Å². The van der Waals surface area contributed by atoms with Crippen molar-refractivity contribution in [1.29, 1.82) is 0 Å². The Morgan fingerprint density at radius 2 is 2.14 bits per heavy atom. The molecule has 1 aromatic rings. The summed E-state index contributed by atoms with van der Waals surface area (Å²) in [4.78, 5) is 0. The second-order valence-electron chi connectivity index (χ2n) is 0.731. The first-order valence-electron chi connectivity index (χ1n) is 1.40. The molecule has 0 N–H and O–H groups in total. The van der Waals surface area contributed by atoms with E-state index in [-0.39, 0.29) is 31.9 Å². The standard InChI is InChI=1S/C4H3O.ClH.Zn/c1-2-4-5-3-1;;/h1-3H;1H;/q-1;;. The zero-order valence-electron chi connectivity index (χ0n) is 3.76. The normalized spacial score (nSPS) is 5.71. The van der Waals surface area contributed by atoms with Crippen molar-refractivity contribution >= 4 is 12.4 Å². The quantitative estimate of drug-likeness (QED) is 0.423. The summed E-state index contributed by atoms with van der Waals surface area (Å²) in [6.45, 7) is 0. The molecule has 0 fully saturated rings. The largest absolute Gasteiger partial charge is 0.599 e. The van der Waals surface area contributed by atoms with Crippen LogP contribution in [0.4, 0.5) is 0 Å². The predicted octanol–water partition coefficient (Wildman–Crippen LogP) is 1.50. The van der Waals surface area contributed by atoms with Gasteiger partial charge in [-0.3, -0.25) is 0 Å². The van der Waals surface area contributed by atoms with Crippen LogP contribution in [0.2, 0.25) is 0 Å². The maximum absolute atomic E-state index is 4.46. The third-order valence-corrected chi connectivity index (χ3v) is 0.379. The second-order valence-corrected chi connectivity index (χ2v) is 0.731. The average Bonchev–Trinajstić information content (AvgIpc) is 1.76. The Kier molecular flexibility index (Phi) is 9.05. The molecule has 0 amide bonds. The Balaban J connectivity index is 0. The summed E-state index contributed by atoms with van der Waals surface area (Å²) >= 11 is 0. The number of halogens is 1. The van der Waals surface area contributed by atoms with Gasteiger partial charge in [0.2, 0.25) is 0 Å². The molecule has 7 heavy (non-hydrogen) atoms. The maximum Gasteiger partial charge on any atom is 0 e. The minimum Gasteiger partial charge on any atom is -0.599 e. The van der Waals surface area contributed by atoms with Crippen LogP contribution in [0.25, 0.3) is 0 Å². The van der Waals surface area contributed by atoms with E-state index in [0.29, 0.717) is 0 Å². The van der Waals surface area contributed by atoms with Crippen LogP contribution in [0.1, 0.15) is 0 Å². The fourth-order valence-corrected chi connectivity index (χ4v) is 0.196. The predicted molar refractivity (Wildman–Crippen MR) is 24.8 cm³/mol. The Morgan fingerprint density at radius 3 is 2.29 bits per heavy atom. The van der Waals surface area contributed by atoms with Crippen LogP contribution in [-0.4, -0.2) is 0 Å². The Labute approximate surface area is 61.3 Å². The summed E-state index contributed by atoms with van der Waals surface area (Å²) in [7, 11) is 0. The number of furan rings is 1. The summed E-state index contributed by atoms with van der Waals surface area (Å²) in [5, 5.41) is 0. The molecule has 0 atom stereocenters. The molecule has 0 bridgehead atoms. The molecule has 1 nitrogen and oxygen atoms in total. The number of hydrogen-bond donors (Lipinski definition) is 0. The molecular formula is C4H4ClOZn-. The van der Waals surface area contributed by atoms with Crippen molar-refractivity contribution in [3.8, 4) is 0 Å². The molecule has 0 aliphatic carbocycles. The van der Waals surface area contributed by atoms with Crippen LogP contribution in [0, 0.1) is 6.26 Å². The van der Waals surface area contributed by atoms with Gasteiger partial charge >= 0.3 is 0 Å². The maximum atomic E-state index is 4.46. The molecule has 0 aromatic carbocycles. The zero-order chi connectivity index (χ0) is 3.54. The van der Waals surface area contributed by atoms with E-state index in [1.165, 1.54) is 0 Å². The van der Waals surface area contributed by atoms with E-state index in [2.05, 4.69) is 10.7 Å². The van der Waals surface area contributed by atoms with Gasteiger partial charge in [-0.15, -0.1) is 18.5 Å². The molecule has 1 rings (SSSR count). The van der Waals surface area contributed by atoms with Crippen molar-refractivity contribution in [2.45, 2.75) is 0 Å². The number of rotatable bonds is 0. The second kappa shape index (κ2) is 6.19. The van der Waals surface area contributed by atoms with E-state index in [1.54, 1.807) is 18.4 Å². The van der Waals surface area contributed by atoms with Gasteiger partial charge in [0.25, 0.3) is 0 Å². The first-order chi connectivity index (χ1) is 2.50. The fraction of sp³-hybridized carbons (Fsp3) is 0. The van der Waals surface area contributed by atoms with Gasteiger partial charge in [-0.1, -0.05) is 6.26 Å².